The number of likely N-dealkylation sites (tertiary alicyclic amines) is 1. The maximum Gasteiger partial charge on any atom is 0.318 e. The van der Waals surface area contributed by atoms with Gasteiger partial charge in [-0.25, -0.2) is 4.79 Å². The lowest BCUT2D eigenvalue weighted by Crippen LogP contribution is -2.62. The standard InChI is InChI=1S/C22H28N4O3/c27-21(25-10-4-5-11-25)20-17-24(16-18-7-2-1-3-8-18)12-13-26(20)22(28)23-15-19-9-6-14-29-19/h1-3,6-9,14,20H,4-5,10-13,15-17H2,(H,23,28). The molecule has 3 heterocycles. The van der Waals surface area contributed by atoms with Crippen molar-refractivity contribution in [3.8, 4) is 0 Å². The molecule has 0 aliphatic carbocycles. The lowest BCUT2D eigenvalue weighted by molar-refractivity contribution is -0.137. The number of hydrogen-bond acceptors (Lipinski definition) is 4. The van der Waals surface area contributed by atoms with E-state index in [0.29, 0.717) is 25.4 Å². The fourth-order valence-electron chi connectivity index (χ4n) is 4.10. The molecule has 0 radical (unpaired) electrons. The minimum atomic E-state index is -0.456. The molecular formula is C22H28N4O3. The van der Waals surface area contributed by atoms with E-state index in [-0.39, 0.29) is 11.9 Å². The summed E-state index contributed by atoms with van der Waals surface area (Å²) >= 11 is 0. The van der Waals surface area contributed by atoms with Crippen LogP contribution in [0.15, 0.2) is 53.1 Å². The first-order valence-corrected chi connectivity index (χ1v) is 10.3. The number of carbonyl (C=O) groups excluding carboxylic acids is 2. The average molecular weight is 396 g/mol. The molecule has 2 aliphatic heterocycles. The van der Waals surface area contributed by atoms with Gasteiger partial charge in [-0.1, -0.05) is 30.3 Å². The Kier molecular flexibility index (Phi) is 6.14. The molecule has 0 bridgehead atoms. The van der Waals surface area contributed by atoms with Crippen molar-refractivity contribution in [2.24, 2.45) is 0 Å². The molecule has 2 fully saturated rings. The summed E-state index contributed by atoms with van der Waals surface area (Å²) in [5, 5.41) is 2.90. The smallest absolute Gasteiger partial charge is 0.318 e. The zero-order chi connectivity index (χ0) is 20.1. The SMILES string of the molecule is O=C(C1CN(Cc2ccccc2)CCN1C(=O)NCc1ccco1)N1CCCC1. The van der Waals surface area contributed by atoms with Gasteiger partial charge in [-0.05, 0) is 30.5 Å². The van der Waals surface area contributed by atoms with Crippen molar-refractivity contribution >= 4 is 11.9 Å². The van der Waals surface area contributed by atoms with Gasteiger partial charge in [0.15, 0.2) is 0 Å². The van der Waals surface area contributed by atoms with Crippen LogP contribution in [0.5, 0.6) is 0 Å². The molecule has 2 aromatic rings. The third kappa shape index (κ3) is 4.79. The molecule has 2 aliphatic rings. The number of urea groups is 1. The summed E-state index contributed by atoms with van der Waals surface area (Å²) in [6, 6.07) is 13.2. The van der Waals surface area contributed by atoms with Crippen LogP contribution in [0.3, 0.4) is 0 Å². The Morgan fingerprint density at radius 2 is 1.79 bits per heavy atom. The van der Waals surface area contributed by atoms with E-state index in [1.54, 1.807) is 17.2 Å². The summed E-state index contributed by atoms with van der Waals surface area (Å²) in [7, 11) is 0. The highest BCUT2D eigenvalue weighted by Crippen LogP contribution is 2.18. The summed E-state index contributed by atoms with van der Waals surface area (Å²) in [6.07, 6.45) is 3.66. The monoisotopic (exact) mass is 396 g/mol. The number of hydrogen-bond donors (Lipinski definition) is 1. The van der Waals surface area contributed by atoms with Crippen molar-refractivity contribution in [1.82, 2.24) is 20.0 Å². The van der Waals surface area contributed by atoms with E-state index in [0.717, 1.165) is 39.0 Å². The van der Waals surface area contributed by atoms with Crippen LogP contribution in [0.1, 0.15) is 24.2 Å². The number of furan rings is 1. The molecule has 1 unspecified atom stereocenters. The van der Waals surface area contributed by atoms with Crippen molar-refractivity contribution in [3.05, 3.63) is 60.1 Å². The molecule has 7 heteroatoms. The van der Waals surface area contributed by atoms with E-state index in [1.807, 2.05) is 29.2 Å². The van der Waals surface area contributed by atoms with Crippen LogP contribution < -0.4 is 5.32 Å². The van der Waals surface area contributed by atoms with Gasteiger partial charge in [-0.3, -0.25) is 9.69 Å². The molecule has 1 atom stereocenters. The van der Waals surface area contributed by atoms with Crippen LogP contribution in [0.2, 0.25) is 0 Å². The zero-order valence-corrected chi connectivity index (χ0v) is 16.6. The van der Waals surface area contributed by atoms with Gasteiger partial charge < -0.3 is 19.5 Å². The van der Waals surface area contributed by atoms with Crippen LogP contribution in [0.4, 0.5) is 4.79 Å². The number of amides is 3. The molecule has 2 saturated heterocycles. The minimum absolute atomic E-state index is 0.0633. The zero-order valence-electron chi connectivity index (χ0n) is 16.6. The second-order valence-electron chi connectivity index (χ2n) is 7.70. The van der Waals surface area contributed by atoms with Gasteiger partial charge in [0.2, 0.25) is 5.91 Å². The van der Waals surface area contributed by atoms with E-state index in [1.165, 1.54) is 5.56 Å². The van der Waals surface area contributed by atoms with Gasteiger partial charge in [0.05, 0.1) is 12.8 Å². The highest BCUT2D eigenvalue weighted by atomic mass is 16.3. The number of nitrogens with zero attached hydrogens (tertiary/aromatic N) is 3. The van der Waals surface area contributed by atoms with E-state index < -0.39 is 6.04 Å². The number of benzene rings is 1. The highest BCUT2D eigenvalue weighted by molar-refractivity contribution is 5.87. The van der Waals surface area contributed by atoms with Crippen molar-refractivity contribution in [3.63, 3.8) is 0 Å². The maximum absolute atomic E-state index is 13.2. The van der Waals surface area contributed by atoms with Gasteiger partial charge in [0.25, 0.3) is 0 Å². The average Bonchev–Trinajstić information content (AvgIpc) is 3.46. The van der Waals surface area contributed by atoms with Gasteiger partial charge in [0, 0.05) is 39.3 Å². The summed E-state index contributed by atoms with van der Waals surface area (Å²) in [5.74, 6) is 0.761. The summed E-state index contributed by atoms with van der Waals surface area (Å²) < 4.78 is 5.29. The van der Waals surface area contributed by atoms with E-state index in [4.69, 9.17) is 4.42 Å². The topological polar surface area (TPSA) is 69.0 Å². The molecule has 7 nitrogen and oxygen atoms in total. The lowest BCUT2D eigenvalue weighted by atomic mass is 10.1. The second-order valence-corrected chi connectivity index (χ2v) is 7.70. The Morgan fingerprint density at radius 1 is 1.00 bits per heavy atom. The van der Waals surface area contributed by atoms with Gasteiger partial charge >= 0.3 is 6.03 Å². The van der Waals surface area contributed by atoms with Crippen molar-refractivity contribution in [1.29, 1.82) is 0 Å². The molecule has 0 saturated carbocycles. The summed E-state index contributed by atoms with van der Waals surface area (Å²) in [4.78, 5) is 32.0. The largest absolute Gasteiger partial charge is 0.467 e. The predicted molar refractivity (Wildman–Crippen MR) is 109 cm³/mol. The highest BCUT2D eigenvalue weighted by Gasteiger charge is 2.38. The molecular weight excluding hydrogens is 368 g/mol. The lowest BCUT2D eigenvalue weighted by Gasteiger charge is -2.41. The van der Waals surface area contributed by atoms with E-state index in [2.05, 4.69) is 22.3 Å². The first-order valence-electron chi connectivity index (χ1n) is 10.3. The van der Waals surface area contributed by atoms with Gasteiger partial charge in [0.1, 0.15) is 11.8 Å². The fourth-order valence-corrected chi connectivity index (χ4v) is 4.10. The van der Waals surface area contributed by atoms with Crippen molar-refractivity contribution in [2.75, 3.05) is 32.7 Å². The Hall–Kier alpha value is -2.80. The normalized spacial score (nSPS) is 20.1. The van der Waals surface area contributed by atoms with Crippen LogP contribution in [-0.4, -0.2) is 65.4 Å². The van der Waals surface area contributed by atoms with Crippen molar-refractivity contribution < 1.29 is 14.0 Å². The third-order valence-electron chi connectivity index (χ3n) is 5.67. The number of rotatable bonds is 5. The molecule has 154 valence electrons. The molecule has 0 spiro atoms. The van der Waals surface area contributed by atoms with E-state index >= 15 is 0 Å². The first kappa shape index (κ1) is 19.5. The molecule has 1 aromatic carbocycles. The van der Waals surface area contributed by atoms with Gasteiger partial charge in [-0.15, -0.1) is 0 Å². The maximum atomic E-state index is 13.2. The minimum Gasteiger partial charge on any atom is -0.467 e. The Morgan fingerprint density at radius 3 is 2.52 bits per heavy atom. The number of carbonyl (C=O) groups is 2. The molecule has 1 N–H and O–H groups in total. The summed E-state index contributed by atoms with van der Waals surface area (Å²) in [5.41, 5.74) is 1.22. The fraction of sp³-hybridized carbons (Fsp3) is 0.455. The number of piperazine rings is 1. The molecule has 4 rings (SSSR count). The third-order valence-corrected chi connectivity index (χ3v) is 5.67. The molecule has 1 aromatic heterocycles. The predicted octanol–water partition coefficient (Wildman–Crippen LogP) is 2.30. The van der Waals surface area contributed by atoms with Crippen LogP contribution in [0, 0.1) is 0 Å². The Bertz CT molecular complexity index is 803. The Balaban J connectivity index is 1.44. The van der Waals surface area contributed by atoms with Crippen LogP contribution in [0.25, 0.3) is 0 Å². The first-order chi connectivity index (χ1) is 14.2. The molecule has 29 heavy (non-hydrogen) atoms. The number of nitrogens with one attached hydrogen (secondary N) is 1. The summed E-state index contributed by atoms with van der Waals surface area (Å²) in [6.45, 7) is 4.51. The molecule has 3 amide bonds. The van der Waals surface area contributed by atoms with Crippen LogP contribution in [-0.2, 0) is 17.9 Å². The second kappa shape index (κ2) is 9.13. The Labute approximate surface area is 171 Å². The quantitative estimate of drug-likeness (QED) is 0.842. The van der Waals surface area contributed by atoms with Gasteiger partial charge in [-0.2, -0.15) is 0 Å². The van der Waals surface area contributed by atoms with Crippen molar-refractivity contribution in [2.45, 2.75) is 32.0 Å². The van der Waals surface area contributed by atoms with Crippen LogP contribution >= 0.6 is 0 Å². The van der Waals surface area contributed by atoms with E-state index in [9.17, 15) is 9.59 Å².